The standard InChI is InChI=1S/C30H27N3O7S2/c1-3-18-19-13-17(40-29(36)38-11-12-41-42-25-7-5-6-10-31-25)8-9-23(19)32-26-20(18)15-33-24(26)14-22-21(27(33)34)16-39-28(35)30(22,37)4-2/h5-10,13-14,37H,3-4,11-12,15-16H2,1-2H3/t30-/m0/s1. The number of esters is 1. The van der Waals surface area contributed by atoms with Crippen molar-refractivity contribution in [2.45, 2.75) is 50.5 Å². The molecule has 0 saturated carbocycles. The van der Waals surface area contributed by atoms with Gasteiger partial charge in [0.2, 0.25) is 0 Å². The predicted octanol–water partition coefficient (Wildman–Crippen LogP) is 4.99. The zero-order valence-electron chi connectivity index (χ0n) is 22.9. The first-order valence-corrected chi connectivity index (χ1v) is 15.8. The van der Waals surface area contributed by atoms with Gasteiger partial charge < -0.3 is 23.9 Å². The summed E-state index contributed by atoms with van der Waals surface area (Å²) in [4.78, 5) is 47.4. The number of carbonyl (C=O) groups excluding carboxylic acids is 2. The normalized spacial score (nSPS) is 16.9. The van der Waals surface area contributed by atoms with E-state index in [1.165, 1.54) is 21.6 Å². The number of fused-ring (bicyclic) bond motifs is 5. The molecule has 0 bridgehead atoms. The highest BCUT2D eigenvalue weighted by Gasteiger charge is 2.45. The number of pyridine rings is 3. The summed E-state index contributed by atoms with van der Waals surface area (Å²) in [6.45, 7) is 3.99. The van der Waals surface area contributed by atoms with Crippen molar-refractivity contribution in [3.8, 4) is 17.1 Å². The number of rotatable bonds is 8. The first kappa shape index (κ1) is 28.3. The van der Waals surface area contributed by atoms with Crippen LogP contribution in [-0.4, -0.2) is 44.1 Å². The zero-order chi connectivity index (χ0) is 29.4. The number of hydrogen-bond acceptors (Lipinski definition) is 11. The summed E-state index contributed by atoms with van der Waals surface area (Å²) in [5.74, 6) is 0.142. The number of aryl methyl sites for hydroxylation is 1. The van der Waals surface area contributed by atoms with Crippen molar-refractivity contribution in [1.29, 1.82) is 0 Å². The Morgan fingerprint density at radius 2 is 2.02 bits per heavy atom. The van der Waals surface area contributed by atoms with Crippen LogP contribution in [0.15, 0.2) is 58.5 Å². The maximum Gasteiger partial charge on any atom is 0.513 e. The Morgan fingerprint density at radius 3 is 2.79 bits per heavy atom. The molecule has 0 spiro atoms. The maximum absolute atomic E-state index is 13.5. The summed E-state index contributed by atoms with van der Waals surface area (Å²) < 4.78 is 17.5. The van der Waals surface area contributed by atoms with Gasteiger partial charge in [0, 0.05) is 28.5 Å². The molecule has 1 aromatic carbocycles. The number of aliphatic hydroxyl groups is 1. The van der Waals surface area contributed by atoms with Crippen LogP contribution in [0.1, 0.15) is 42.5 Å². The van der Waals surface area contributed by atoms with E-state index in [9.17, 15) is 19.5 Å². The second kappa shape index (κ2) is 11.4. The smallest absolute Gasteiger partial charge is 0.458 e. The van der Waals surface area contributed by atoms with Crippen molar-refractivity contribution in [3.63, 3.8) is 0 Å². The van der Waals surface area contributed by atoms with Gasteiger partial charge in [-0.2, -0.15) is 0 Å². The third-order valence-electron chi connectivity index (χ3n) is 7.50. The van der Waals surface area contributed by atoms with Crippen LogP contribution < -0.4 is 10.3 Å². The molecule has 0 saturated heterocycles. The molecule has 1 N–H and O–H groups in total. The third-order valence-corrected chi connectivity index (χ3v) is 9.73. The minimum absolute atomic E-state index is 0.0775. The molecular weight excluding hydrogens is 578 g/mol. The van der Waals surface area contributed by atoms with Crippen LogP contribution in [0.5, 0.6) is 5.75 Å². The highest BCUT2D eigenvalue weighted by atomic mass is 33.1. The van der Waals surface area contributed by atoms with E-state index in [0.717, 1.165) is 21.5 Å². The van der Waals surface area contributed by atoms with E-state index in [4.69, 9.17) is 19.2 Å². The van der Waals surface area contributed by atoms with Crippen molar-refractivity contribution in [2.24, 2.45) is 0 Å². The minimum Gasteiger partial charge on any atom is -0.458 e. The second-order valence-corrected chi connectivity index (χ2v) is 12.3. The first-order valence-electron chi connectivity index (χ1n) is 13.5. The maximum atomic E-state index is 13.5. The summed E-state index contributed by atoms with van der Waals surface area (Å²) >= 11 is 0. The molecule has 6 rings (SSSR count). The Hall–Kier alpha value is -3.87. The Kier molecular flexibility index (Phi) is 7.69. The molecule has 2 aliphatic rings. The lowest BCUT2D eigenvalue weighted by atomic mass is 9.86. The average Bonchev–Trinajstić information content (AvgIpc) is 3.37. The number of cyclic esters (lactones) is 1. The highest BCUT2D eigenvalue weighted by molar-refractivity contribution is 8.76. The summed E-state index contributed by atoms with van der Waals surface area (Å²) in [6.07, 6.45) is 1.65. The van der Waals surface area contributed by atoms with Crippen molar-refractivity contribution in [2.75, 3.05) is 12.4 Å². The van der Waals surface area contributed by atoms with Gasteiger partial charge in [-0.25, -0.2) is 19.6 Å². The van der Waals surface area contributed by atoms with E-state index in [0.29, 0.717) is 41.4 Å². The Labute approximate surface area is 248 Å². The first-order chi connectivity index (χ1) is 20.3. The zero-order valence-corrected chi connectivity index (χ0v) is 24.5. The van der Waals surface area contributed by atoms with Crippen molar-refractivity contribution < 1.29 is 28.9 Å². The van der Waals surface area contributed by atoms with Gasteiger partial charge in [0.1, 0.15) is 24.0 Å². The molecule has 0 aliphatic carbocycles. The topological polar surface area (TPSA) is 130 Å². The molecule has 3 aromatic heterocycles. The number of nitrogens with zero attached hydrogens (tertiary/aromatic N) is 3. The molecular formula is C30H27N3O7S2. The van der Waals surface area contributed by atoms with Crippen LogP contribution in [-0.2, 0) is 39.4 Å². The van der Waals surface area contributed by atoms with Crippen LogP contribution >= 0.6 is 21.6 Å². The van der Waals surface area contributed by atoms with Crippen molar-refractivity contribution in [1.82, 2.24) is 14.5 Å². The minimum atomic E-state index is -1.88. The van der Waals surface area contributed by atoms with Gasteiger partial charge in [-0.05, 0) is 65.6 Å². The molecule has 42 heavy (non-hydrogen) atoms. The lowest BCUT2D eigenvalue weighted by Crippen LogP contribution is -2.44. The quantitative estimate of drug-likeness (QED) is 0.111. The molecule has 0 unspecified atom stereocenters. The number of ether oxygens (including phenoxy) is 3. The van der Waals surface area contributed by atoms with Crippen LogP contribution in [0.2, 0.25) is 0 Å². The van der Waals surface area contributed by atoms with Crippen LogP contribution in [0.3, 0.4) is 0 Å². The molecule has 0 amide bonds. The van der Waals surface area contributed by atoms with E-state index in [1.54, 1.807) is 42.0 Å². The van der Waals surface area contributed by atoms with Crippen LogP contribution in [0, 0.1) is 0 Å². The van der Waals surface area contributed by atoms with Crippen LogP contribution in [0.25, 0.3) is 22.3 Å². The highest BCUT2D eigenvalue weighted by Crippen LogP contribution is 2.40. The SMILES string of the molecule is CCc1c2c(nc3ccc(OC(=O)OCCSSc4ccccn4)cc13)-c1cc3c(c(=O)n1C2)COC(=O)[C@]3(O)CC. The molecule has 0 radical (unpaired) electrons. The number of benzene rings is 1. The Bertz CT molecular complexity index is 1780. The Balaban J connectivity index is 1.23. The van der Waals surface area contributed by atoms with Crippen LogP contribution in [0.4, 0.5) is 4.79 Å². The van der Waals surface area contributed by atoms with E-state index < -0.39 is 17.7 Å². The van der Waals surface area contributed by atoms with Gasteiger partial charge in [-0.1, -0.05) is 30.7 Å². The summed E-state index contributed by atoms with van der Waals surface area (Å²) in [5, 5.41) is 12.8. The lowest BCUT2D eigenvalue weighted by molar-refractivity contribution is -0.172. The monoisotopic (exact) mass is 605 g/mol. The van der Waals surface area contributed by atoms with Gasteiger partial charge in [0.05, 0.1) is 29.0 Å². The van der Waals surface area contributed by atoms with Crippen molar-refractivity contribution >= 4 is 44.6 Å². The van der Waals surface area contributed by atoms with E-state index in [1.807, 2.05) is 25.1 Å². The summed E-state index contributed by atoms with van der Waals surface area (Å²) in [5.41, 5.74) is 2.05. The molecule has 4 aromatic rings. The van der Waals surface area contributed by atoms with Crippen molar-refractivity contribution in [3.05, 3.63) is 81.3 Å². The van der Waals surface area contributed by atoms with E-state index in [-0.39, 0.29) is 36.3 Å². The van der Waals surface area contributed by atoms with Gasteiger partial charge in [-0.15, -0.1) is 0 Å². The summed E-state index contributed by atoms with van der Waals surface area (Å²) in [6, 6.07) is 12.5. The van der Waals surface area contributed by atoms with E-state index >= 15 is 0 Å². The fraction of sp³-hybridized carbons (Fsp3) is 0.300. The Morgan fingerprint density at radius 1 is 1.17 bits per heavy atom. The number of hydrogen-bond donors (Lipinski definition) is 1. The van der Waals surface area contributed by atoms with E-state index in [2.05, 4.69) is 4.98 Å². The molecule has 216 valence electrons. The van der Waals surface area contributed by atoms with Gasteiger partial charge in [-0.3, -0.25) is 4.79 Å². The number of carbonyl (C=O) groups is 2. The largest absolute Gasteiger partial charge is 0.513 e. The second-order valence-electron chi connectivity index (χ2n) is 9.83. The average molecular weight is 606 g/mol. The fourth-order valence-electron chi connectivity index (χ4n) is 5.39. The predicted molar refractivity (Wildman–Crippen MR) is 158 cm³/mol. The number of aromatic nitrogens is 3. The fourth-order valence-corrected chi connectivity index (χ4v) is 7.10. The summed E-state index contributed by atoms with van der Waals surface area (Å²) in [7, 11) is 3.04. The molecule has 1 atom stereocenters. The molecule has 5 heterocycles. The molecule has 2 aliphatic heterocycles. The third kappa shape index (κ3) is 4.93. The van der Waals surface area contributed by atoms with Gasteiger partial charge >= 0.3 is 12.1 Å². The molecule has 0 fully saturated rings. The molecule has 10 nitrogen and oxygen atoms in total. The van der Waals surface area contributed by atoms with Gasteiger partial charge in [0.15, 0.2) is 5.60 Å². The van der Waals surface area contributed by atoms with Gasteiger partial charge in [0.25, 0.3) is 5.56 Å². The lowest BCUT2D eigenvalue weighted by Gasteiger charge is -2.31. The molecule has 12 heteroatoms.